The van der Waals surface area contributed by atoms with Crippen LogP contribution < -0.4 is 15.5 Å². The summed E-state index contributed by atoms with van der Waals surface area (Å²) in [5.41, 5.74) is 5.35. The molecule has 5 heteroatoms. The molecule has 5 nitrogen and oxygen atoms in total. The number of nitrogens with zero attached hydrogens (tertiary/aromatic N) is 1. The van der Waals surface area contributed by atoms with E-state index in [1.54, 1.807) is 13.3 Å². The van der Waals surface area contributed by atoms with E-state index in [1.165, 1.54) is 5.56 Å². The topological polar surface area (TPSA) is 62.7 Å². The molecule has 0 radical (unpaired) electrons. The lowest BCUT2D eigenvalue weighted by Crippen LogP contribution is -2.25. The van der Waals surface area contributed by atoms with Crippen LogP contribution >= 0.6 is 0 Å². The average Bonchev–Trinajstić information content (AvgIpc) is 2.55. The molecule has 0 fully saturated rings. The molecule has 0 aliphatic rings. The van der Waals surface area contributed by atoms with Gasteiger partial charge in [-0.15, -0.1) is 0 Å². The largest absolute Gasteiger partial charge is 0.496 e. The van der Waals surface area contributed by atoms with Crippen LogP contribution in [0.3, 0.4) is 0 Å². The van der Waals surface area contributed by atoms with E-state index in [9.17, 15) is 4.79 Å². The van der Waals surface area contributed by atoms with Crippen LogP contribution in [0.5, 0.6) is 5.75 Å². The van der Waals surface area contributed by atoms with Gasteiger partial charge in [0.25, 0.3) is 5.91 Å². The van der Waals surface area contributed by atoms with E-state index in [4.69, 9.17) is 4.74 Å². The minimum Gasteiger partial charge on any atom is -0.496 e. The maximum absolute atomic E-state index is 11.7. The average molecular weight is 297 g/mol. The third-order valence-electron chi connectivity index (χ3n) is 3.04. The lowest BCUT2D eigenvalue weighted by Gasteiger charge is -2.06. The van der Waals surface area contributed by atoms with Gasteiger partial charge in [0.1, 0.15) is 5.75 Å². The fourth-order valence-electron chi connectivity index (χ4n) is 1.84. The van der Waals surface area contributed by atoms with Crippen LogP contribution in [0.1, 0.15) is 11.1 Å². The zero-order valence-electron chi connectivity index (χ0n) is 12.7. The van der Waals surface area contributed by atoms with Gasteiger partial charge >= 0.3 is 0 Å². The summed E-state index contributed by atoms with van der Waals surface area (Å²) in [5.74, 6) is 0.491. The number of methoxy groups -OCH3 is 1. The van der Waals surface area contributed by atoms with Crippen molar-refractivity contribution in [2.45, 2.75) is 6.92 Å². The van der Waals surface area contributed by atoms with Crippen LogP contribution in [-0.4, -0.2) is 25.8 Å². The van der Waals surface area contributed by atoms with Gasteiger partial charge in [0.2, 0.25) is 0 Å². The highest BCUT2D eigenvalue weighted by Crippen LogP contribution is 2.14. The number of carbonyl (C=O) groups is 1. The molecule has 0 aromatic heterocycles. The fraction of sp³-hybridized carbons (Fsp3) is 0.176. The molecule has 22 heavy (non-hydrogen) atoms. The summed E-state index contributed by atoms with van der Waals surface area (Å²) in [6.07, 6.45) is 1.56. The first-order valence-corrected chi connectivity index (χ1v) is 6.94. The van der Waals surface area contributed by atoms with E-state index in [2.05, 4.69) is 15.8 Å². The molecule has 0 unspecified atom stereocenters. The normalized spacial score (nSPS) is 10.5. The highest BCUT2D eigenvalue weighted by atomic mass is 16.5. The molecule has 2 N–H and O–H groups in total. The number of benzene rings is 2. The Balaban J connectivity index is 1.82. The van der Waals surface area contributed by atoms with Crippen molar-refractivity contribution in [3.8, 4) is 5.75 Å². The molecule has 0 bridgehead atoms. The third kappa shape index (κ3) is 4.63. The molecular formula is C17H19N3O2. The molecule has 114 valence electrons. The van der Waals surface area contributed by atoms with E-state index in [0.717, 1.165) is 11.3 Å². The zero-order chi connectivity index (χ0) is 15.8. The number of hydrogen-bond acceptors (Lipinski definition) is 4. The van der Waals surface area contributed by atoms with E-state index in [-0.39, 0.29) is 12.5 Å². The molecule has 0 aliphatic heterocycles. The summed E-state index contributed by atoms with van der Waals surface area (Å²) >= 11 is 0. The number of carbonyl (C=O) groups excluding carboxylic acids is 1. The Bertz CT molecular complexity index is 651. The molecule has 0 heterocycles. The minimum atomic E-state index is -0.216. The molecule has 0 atom stereocenters. The minimum absolute atomic E-state index is 0.159. The summed E-state index contributed by atoms with van der Waals surface area (Å²) in [7, 11) is 1.59. The van der Waals surface area contributed by atoms with E-state index in [1.807, 2.05) is 55.5 Å². The lowest BCUT2D eigenvalue weighted by molar-refractivity contribution is -0.119. The van der Waals surface area contributed by atoms with Crippen molar-refractivity contribution >= 4 is 17.8 Å². The molecule has 2 rings (SSSR count). The van der Waals surface area contributed by atoms with Gasteiger partial charge in [-0.1, -0.05) is 29.8 Å². The molecule has 0 spiro atoms. The number of ether oxygens (including phenoxy) is 1. The van der Waals surface area contributed by atoms with Crippen molar-refractivity contribution in [2.24, 2.45) is 5.10 Å². The molecule has 0 aliphatic carbocycles. The summed E-state index contributed by atoms with van der Waals surface area (Å²) in [4.78, 5) is 11.7. The van der Waals surface area contributed by atoms with Crippen LogP contribution in [0.4, 0.5) is 5.69 Å². The van der Waals surface area contributed by atoms with Gasteiger partial charge in [-0.3, -0.25) is 4.79 Å². The first-order valence-electron chi connectivity index (χ1n) is 6.94. The predicted octanol–water partition coefficient (Wildman–Crippen LogP) is 2.57. The Kier molecular flexibility index (Phi) is 5.54. The quantitative estimate of drug-likeness (QED) is 0.636. The molecule has 2 aromatic carbocycles. The Morgan fingerprint density at radius 3 is 2.64 bits per heavy atom. The van der Waals surface area contributed by atoms with E-state index in [0.29, 0.717) is 5.75 Å². The second-order valence-corrected chi connectivity index (χ2v) is 4.75. The Morgan fingerprint density at radius 1 is 1.18 bits per heavy atom. The Morgan fingerprint density at radius 2 is 1.91 bits per heavy atom. The number of amides is 1. The molecule has 1 amide bonds. The summed E-state index contributed by atoms with van der Waals surface area (Å²) in [5, 5.41) is 6.96. The number of aryl methyl sites for hydroxylation is 1. The molecule has 0 saturated carbocycles. The Labute approximate surface area is 130 Å². The van der Waals surface area contributed by atoms with Crippen molar-refractivity contribution < 1.29 is 9.53 Å². The first kappa shape index (κ1) is 15.6. The maximum Gasteiger partial charge on any atom is 0.259 e. The standard InChI is InChI=1S/C17H19N3O2/c1-13-7-9-15(10-8-13)18-12-17(21)20-19-11-14-5-3-4-6-16(14)22-2/h3-11,18H,12H2,1-2H3,(H,20,21)/b19-11+. The van der Waals surface area contributed by atoms with Gasteiger partial charge in [0.05, 0.1) is 19.9 Å². The van der Waals surface area contributed by atoms with Gasteiger partial charge < -0.3 is 10.1 Å². The van der Waals surface area contributed by atoms with Gasteiger partial charge in [-0.05, 0) is 31.2 Å². The van der Waals surface area contributed by atoms with Crippen molar-refractivity contribution in [1.29, 1.82) is 0 Å². The van der Waals surface area contributed by atoms with Crippen molar-refractivity contribution in [1.82, 2.24) is 5.43 Å². The van der Waals surface area contributed by atoms with Gasteiger partial charge in [0, 0.05) is 11.3 Å². The summed E-state index contributed by atoms with van der Waals surface area (Å²) in [6.45, 7) is 2.18. The molecule has 0 saturated heterocycles. The summed E-state index contributed by atoms with van der Waals surface area (Å²) in [6, 6.07) is 15.3. The second kappa shape index (κ2) is 7.83. The van der Waals surface area contributed by atoms with E-state index < -0.39 is 0 Å². The van der Waals surface area contributed by atoms with Crippen LogP contribution in [-0.2, 0) is 4.79 Å². The number of rotatable bonds is 6. The predicted molar refractivity (Wildman–Crippen MR) is 88.4 cm³/mol. The maximum atomic E-state index is 11.7. The van der Waals surface area contributed by atoms with Crippen molar-refractivity contribution in [3.05, 3.63) is 59.7 Å². The fourth-order valence-corrected chi connectivity index (χ4v) is 1.84. The second-order valence-electron chi connectivity index (χ2n) is 4.75. The van der Waals surface area contributed by atoms with Crippen LogP contribution in [0, 0.1) is 6.92 Å². The SMILES string of the molecule is COc1ccccc1/C=N/NC(=O)CNc1ccc(C)cc1. The van der Waals surface area contributed by atoms with Crippen molar-refractivity contribution in [2.75, 3.05) is 19.0 Å². The number of hydrazone groups is 1. The monoisotopic (exact) mass is 297 g/mol. The lowest BCUT2D eigenvalue weighted by atomic mass is 10.2. The van der Waals surface area contributed by atoms with Gasteiger partial charge in [0.15, 0.2) is 0 Å². The number of nitrogens with one attached hydrogen (secondary N) is 2. The highest BCUT2D eigenvalue weighted by molar-refractivity contribution is 5.86. The van der Waals surface area contributed by atoms with Crippen LogP contribution in [0.2, 0.25) is 0 Å². The van der Waals surface area contributed by atoms with Crippen LogP contribution in [0.25, 0.3) is 0 Å². The molecular weight excluding hydrogens is 278 g/mol. The van der Waals surface area contributed by atoms with Gasteiger partial charge in [-0.2, -0.15) is 5.10 Å². The highest BCUT2D eigenvalue weighted by Gasteiger charge is 2.00. The molecule has 2 aromatic rings. The third-order valence-corrected chi connectivity index (χ3v) is 3.04. The van der Waals surface area contributed by atoms with E-state index >= 15 is 0 Å². The smallest absolute Gasteiger partial charge is 0.259 e. The number of anilines is 1. The Hall–Kier alpha value is -2.82. The summed E-state index contributed by atoms with van der Waals surface area (Å²) < 4.78 is 5.20. The van der Waals surface area contributed by atoms with Crippen LogP contribution in [0.15, 0.2) is 53.6 Å². The number of para-hydroxylation sites is 1. The van der Waals surface area contributed by atoms with Gasteiger partial charge in [-0.25, -0.2) is 5.43 Å². The first-order chi connectivity index (χ1) is 10.7. The number of hydrogen-bond donors (Lipinski definition) is 2. The van der Waals surface area contributed by atoms with Crippen molar-refractivity contribution in [3.63, 3.8) is 0 Å². The zero-order valence-corrected chi connectivity index (χ0v) is 12.7.